The Bertz CT molecular complexity index is 306. The third-order valence-electron chi connectivity index (χ3n) is 2.15. The van der Waals surface area contributed by atoms with E-state index in [9.17, 15) is 4.79 Å². The number of nitrogens with one attached hydrogen (secondary N) is 1. The lowest BCUT2D eigenvalue weighted by molar-refractivity contribution is 0.566. The van der Waals surface area contributed by atoms with Crippen molar-refractivity contribution < 1.29 is 0 Å². The van der Waals surface area contributed by atoms with Gasteiger partial charge in [0, 0.05) is 18.8 Å². The van der Waals surface area contributed by atoms with Crippen molar-refractivity contribution in [3.05, 3.63) is 34.7 Å². The number of aryl methyl sites for hydroxylation is 1. The summed E-state index contributed by atoms with van der Waals surface area (Å²) >= 11 is 0. The molecule has 0 aliphatic carbocycles. The molecule has 0 aliphatic heterocycles. The lowest BCUT2D eigenvalue weighted by Crippen LogP contribution is -2.19. The molecular formula is C11H18N2O. The maximum atomic E-state index is 11.3. The highest BCUT2D eigenvalue weighted by Gasteiger charge is 1.93. The van der Waals surface area contributed by atoms with Gasteiger partial charge < -0.3 is 9.88 Å². The zero-order valence-corrected chi connectivity index (χ0v) is 8.70. The molecule has 1 rings (SSSR count). The summed E-state index contributed by atoms with van der Waals surface area (Å²) in [5.74, 6) is 0. The van der Waals surface area contributed by atoms with Crippen LogP contribution in [0.2, 0.25) is 0 Å². The van der Waals surface area contributed by atoms with Crippen molar-refractivity contribution in [2.75, 3.05) is 13.1 Å². The van der Waals surface area contributed by atoms with E-state index in [0.29, 0.717) is 0 Å². The molecule has 3 heteroatoms. The number of aromatic nitrogens is 1. The number of hydrogen-bond acceptors (Lipinski definition) is 2. The highest BCUT2D eigenvalue weighted by atomic mass is 16.1. The topological polar surface area (TPSA) is 34.0 Å². The molecule has 0 spiro atoms. The van der Waals surface area contributed by atoms with Crippen LogP contribution < -0.4 is 10.9 Å². The predicted molar refractivity (Wildman–Crippen MR) is 58.5 cm³/mol. The first-order chi connectivity index (χ1) is 6.84. The first-order valence-corrected chi connectivity index (χ1v) is 5.21. The van der Waals surface area contributed by atoms with Crippen LogP contribution in [0.3, 0.4) is 0 Å². The molecule has 14 heavy (non-hydrogen) atoms. The normalized spacial score (nSPS) is 10.4. The van der Waals surface area contributed by atoms with Crippen LogP contribution in [0.1, 0.15) is 19.8 Å². The Morgan fingerprint density at radius 3 is 2.93 bits per heavy atom. The molecule has 1 heterocycles. The van der Waals surface area contributed by atoms with Gasteiger partial charge in [-0.25, -0.2) is 0 Å². The van der Waals surface area contributed by atoms with Crippen LogP contribution >= 0.6 is 0 Å². The molecule has 1 N–H and O–H groups in total. The van der Waals surface area contributed by atoms with Gasteiger partial charge in [-0.2, -0.15) is 0 Å². The minimum absolute atomic E-state index is 0.0935. The van der Waals surface area contributed by atoms with Gasteiger partial charge in [0.15, 0.2) is 0 Å². The second-order valence-corrected chi connectivity index (χ2v) is 3.29. The van der Waals surface area contributed by atoms with E-state index in [4.69, 9.17) is 0 Å². The maximum absolute atomic E-state index is 11.3. The molecule has 0 fully saturated rings. The summed E-state index contributed by atoms with van der Waals surface area (Å²) in [7, 11) is 0. The summed E-state index contributed by atoms with van der Waals surface area (Å²) in [5, 5.41) is 3.26. The Labute approximate surface area is 84.8 Å². The molecule has 0 bridgehead atoms. The Morgan fingerprint density at radius 1 is 1.36 bits per heavy atom. The Balaban J connectivity index is 2.25. The average Bonchev–Trinajstić information content (AvgIpc) is 2.20. The molecular weight excluding hydrogens is 176 g/mol. The number of hydrogen-bond donors (Lipinski definition) is 1. The van der Waals surface area contributed by atoms with Crippen LogP contribution in [-0.2, 0) is 6.54 Å². The second-order valence-electron chi connectivity index (χ2n) is 3.29. The van der Waals surface area contributed by atoms with Crippen molar-refractivity contribution in [2.45, 2.75) is 26.3 Å². The van der Waals surface area contributed by atoms with Gasteiger partial charge in [0.05, 0.1) is 0 Å². The van der Waals surface area contributed by atoms with Gasteiger partial charge in [0.1, 0.15) is 0 Å². The van der Waals surface area contributed by atoms with E-state index in [2.05, 4.69) is 12.2 Å². The first kappa shape index (κ1) is 11.0. The van der Waals surface area contributed by atoms with Gasteiger partial charge in [-0.15, -0.1) is 0 Å². The molecule has 0 saturated carbocycles. The summed E-state index contributed by atoms with van der Waals surface area (Å²) in [6.45, 7) is 4.98. The quantitative estimate of drug-likeness (QED) is 0.691. The predicted octanol–water partition coefficient (Wildman–Crippen LogP) is 1.24. The second kappa shape index (κ2) is 6.38. The van der Waals surface area contributed by atoms with E-state index >= 15 is 0 Å². The molecule has 0 aromatic carbocycles. The summed E-state index contributed by atoms with van der Waals surface area (Å²) < 4.78 is 1.76. The van der Waals surface area contributed by atoms with Crippen LogP contribution in [0, 0.1) is 0 Å². The molecule has 0 saturated heterocycles. The zero-order valence-electron chi connectivity index (χ0n) is 8.70. The monoisotopic (exact) mass is 194 g/mol. The van der Waals surface area contributed by atoms with E-state index < -0.39 is 0 Å². The minimum Gasteiger partial charge on any atom is -0.317 e. The number of nitrogens with zero attached hydrogens (tertiary/aromatic N) is 1. The Kier molecular flexibility index (Phi) is 5.00. The van der Waals surface area contributed by atoms with Crippen LogP contribution in [0.5, 0.6) is 0 Å². The fourth-order valence-corrected chi connectivity index (χ4v) is 1.35. The minimum atomic E-state index is 0.0935. The Morgan fingerprint density at radius 2 is 2.21 bits per heavy atom. The lowest BCUT2D eigenvalue weighted by Gasteiger charge is -2.04. The SMILES string of the molecule is CCNCCCCn1ccccc1=O. The molecule has 1 aromatic rings. The molecule has 0 aliphatic rings. The lowest BCUT2D eigenvalue weighted by atomic mass is 10.3. The van der Waals surface area contributed by atoms with E-state index in [-0.39, 0.29) is 5.56 Å². The van der Waals surface area contributed by atoms with Crippen molar-refractivity contribution in [2.24, 2.45) is 0 Å². The summed E-state index contributed by atoms with van der Waals surface area (Å²) in [4.78, 5) is 11.3. The molecule has 0 amide bonds. The van der Waals surface area contributed by atoms with Gasteiger partial charge in [0.2, 0.25) is 5.56 Å². The van der Waals surface area contributed by atoms with Crippen molar-refractivity contribution >= 4 is 0 Å². The maximum Gasteiger partial charge on any atom is 0.250 e. The summed E-state index contributed by atoms with van der Waals surface area (Å²) in [5.41, 5.74) is 0.0935. The van der Waals surface area contributed by atoms with Gasteiger partial charge in [0.25, 0.3) is 0 Å². The largest absolute Gasteiger partial charge is 0.317 e. The number of unbranched alkanes of at least 4 members (excludes halogenated alkanes) is 1. The van der Waals surface area contributed by atoms with Crippen LogP contribution in [-0.4, -0.2) is 17.7 Å². The molecule has 0 atom stereocenters. The smallest absolute Gasteiger partial charge is 0.250 e. The molecule has 1 aromatic heterocycles. The molecule has 0 radical (unpaired) electrons. The Hall–Kier alpha value is -1.09. The zero-order chi connectivity index (χ0) is 10.2. The third-order valence-corrected chi connectivity index (χ3v) is 2.15. The molecule has 78 valence electrons. The fourth-order valence-electron chi connectivity index (χ4n) is 1.35. The van der Waals surface area contributed by atoms with Gasteiger partial charge >= 0.3 is 0 Å². The highest BCUT2D eigenvalue weighted by molar-refractivity contribution is 4.92. The van der Waals surface area contributed by atoms with E-state index in [1.165, 1.54) is 0 Å². The van der Waals surface area contributed by atoms with Crippen molar-refractivity contribution in [1.82, 2.24) is 9.88 Å². The van der Waals surface area contributed by atoms with E-state index in [1.807, 2.05) is 12.3 Å². The van der Waals surface area contributed by atoms with Crippen molar-refractivity contribution in [3.63, 3.8) is 0 Å². The fraction of sp³-hybridized carbons (Fsp3) is 0.545. The van der Waals surface area contributed by atoms with Crippen molar-refractivity contribution in [1.29, 1.82) is 0 Å². The molecule has 0 unspecified atom stereocenters. The van der Waals surface area contributed by atoms with Gasteiger partial charge in [-0.05, 0) is 32.0 Å². The third kappa shape index (κ3) is 3.75. The van der Waals surface area contributed by atoms with Crippen LogP contribution in [0.15, 0.2) is 29.2 Å². The summed E-state index contributed by atoms with van der Waals surface area (Å²) in [6, 6.07) is 5.27. The summed E-state index contributed by atoms with van der Waals surface area (Å²) in [6.07, 6.45) is 4.02. The average molecular weight is 194 g/mol. The van der Waals surface area contributed by atoms with Crippen LogP contribution in [0.25, 0.3) is 0 Å². The number of rotatable bonds is 6. The van der Waals surface area contributed by atoms with Crippen molar-refractivity contribution in [3.8, 4) is 0 Å². The molecule has 3 nitrogen and oxygen atoms in total. The van der Waals surface area contributed by atoms with E-state index in [0.717, 1.165) is 32.5 Å². The van der Waals surface area contributed by atoms with Gasteiger partial charge in [-0.1, -0.05) is 13.0 Å². The number of pyridine rings is 1. The van der Waals surface area contributed by atoms with Gasteiger partial charge in [-0.3, -0.25) is 4.79 Å². The van der Waals surface area contributed by atoms with Crippen LogP contribution in [0.4, 0.5) is 0 Å². The standard InChI is InChI=1S/C11H18N2O/c1-2-12-8-4-6-10-13-9-5-3-7-11(13)14/h3,5,7,9,12H,2,4,6,8,10H2,1H3. The van der Waals surface area contributed by atoms with E-state index in [1.54, 1.807) is 16.7 Å². The first-order valence-electron chi connectivity index (χ1n) is 5.21. The highest BCUT2D eigenvalue weighted by Crippen LogP contribution is 1.91.